The molecule has 2 fully saturated rings. The molecule has 2 amide bonds. The minimum atomic E-state index is -0.432. The van der Waals surface area contributed by atoms with Gasteiger partial charge in [-0.3, -0.25) is 0 Å². The predicted octanol–water partition coefficient (Wildman–Crippen LogP) is 2.53. The molecule has 1 saturated heterocycles. The van der Waals surface area contributed by atoms with E-state index in [1.54, 1.807) is 18.3 Å². The van der Waals surface area contributed by atoms with E-state index >= 15 is 0 Å². The molecule has 1 aliphatic heterocycles. The summed E-state index contributed by atoms with van der Waals surface area (Å²) in [5.41, 5.74) is 1.12. The number of amides is 2. The van der Waals surface area contributed by atoms with Crippen molar-refractivity contribution in [2.75, 3.05) is 13.1 Å². The fourth-order valence-corrected chi connectivity index (χ4v) is 4.79. The minimum absolute atomic E-state index is 0.0218. The summed E-state index contributed by atoms with van der Waals surface area (Å²) >= 11 is 0. The van der Waals surface area contributed by atoms with Crippen LogP contribution in [0.5, 0.6) is 0 Å². The molecular weight excluding hydrogens is 413 g/mol. The van der Waals surface area contributed by atoms with Crippen molar-refractivity contribution in [2.45, 2.75) is 51.0 Å². The summed E-state index contributed by atoms with van der Waals surface area (Å²) in [7, 11) is 0. The van der Waals surface area contributed by atoms with Gasteiger partial charge in [-0.1, -0.05) is 6.42 Å². The Hall–Kier alpha value is -3.30. The molecule has 9 nitrogen and oxygen atoms in total. The van der Waals surface area contributed by atoms with Gasteiger partial charge in [0.15, 0.2) is 17.3 Å². The number of carbonyl (C=O) groups is 1. The van der Waals surface area contributed by atoms with Gasteiger partial charge in [0.25, 0.3) is 0 Å². The molecule has 1 unspecified atom stereocenters. The van der Waals surface area contributed by atoms with Gasteiger partial charge in [0.05, 0.1) is 11.9 Å². The van der Waals surface area contributed by atoms with Crippen molar-refractivity contribution in [1.82, 2.24) is 34.8 Å². The molecule has 5 rings (SSSR count). The first-order chi connectivity index (χ1) is 15.6. The second-order valence-corrected chi connectivity index (χ2v) is 8.74. The first kappa shape index (κ1) is 20.6. The molecule has 2 N–H and O–H groups in total. The van der Waals surface area contributed by atoms with Crippen molar-refractivity contribution in [3.05, 3.63) is 46.5 Å². The highest BCUT2D eigenvalue weighted by Gasteiger charge is 2.27. The number of hydrogen-bond donors (Lipinski definition) is 2. The van der Waals surface area contributed by atoms with Crippen LogP contribution in [0.2, 0.25) is 0 Å². The lowest BCUT2D eigenvalue weighted by atomic mass is 9.83. The molecule has 3 aromatic heterocycles. The van der Waals surface area contributed by atoms with E-state index in [-0.39, 0.29) is 23.7 Å². The molecular formula is C22H26FN7O2. The third-order valence-corrected chi connectivity index (χ3v) is 6.47. The van der Waals surface area contributed by atoms with Crippen molar-refractivity contribution in [3.8, 4) is 11.4 Å². The maximum atomic E-state index is 14.5. The van der Waals surface area contributed by atoms with Crippen LogP contribution < -0.4 is 11.0 Å². The van der Waals surface area contributed by atoms with E-state index < -0.39 is 5.82 Å². The highest BCUT2D eigenvalue weighted by molar-refractivity contribution is 5.74. The second kappa shape index (κ2) is 8.68. The van der Waals surface area contributed by atoms with Crippen LogP contribution in [-0.4, -0.2) is 54.6 Å². The molecule has 1 saturated carbocycles. The Morgan fingerprint density at radius 2 is 2.06 bits per heavy atom. The number of rotatable bonds is 4. The first-order valence-corrected chi connectivity index (χ1v) is 11.2. The van der Waals surface area contributed by atoms with Gasteiger partial charge in [0, 0.05) is 30.9 Å². The number of hydrogen-bond acceptors (Lipinski definition) is 5. The van der Waals surface area contributed by atoms with Crippen LogP contribution in [0, 0.1) is 11.7 Å². The predicted molar refractivity (Wildman–Crippen MR) is 116 cm³/mol. The lowest BCUT2D eigenvalue weighted by Gasteiger charge is -2.31. The number of pyridine rings is 1. The van der Waals surface area contributed by atoms with Gasteiger partial charge in [-0.05, 0) is 56.6 Å². The van der Waals surface area contributed by atoms with Gasteiger partial charge in [0.1, 0.15) is 0 Å². The van der Waals surface area contributed by atoms with Gasteiger partial charge in [-0.2, -0.15) is 5.10 Å². The normalized spacial score (nSPS) is 21.2. The maximum absolute atomic E-state index is 14.5. The molecule has 0 spiro atoms. The molecule has 2 aliphatic rings. The first-order valence-electron chi connectivity index (χ1n) is 11.2. The van der Waals surface area contributed by atoms with Crippen LogP contribution in [0.25, 0.3) is 17.0 Å². The van der Waals surface area contributed by atoms with E-state index in [2.05, 4.69) is 25.5 Å². The number of carbonyl (C=O) groups excluding carboxylic acids is 1. The summed E-state index contributed by atoms with van der Waals surface area (Å²) in [6.45, 7) is 1.65. The number of nitrogens with one attached hydrogen (secondary N) is 2. The fourth-order valence-electron chi connectivity index (χ4n) is 4.79. The molecule has 168 valence electrons. The molecule has 1 aliphatic carbocycles. The molecule has 0 aromatic carbocycles. The van der Waals surface area contributed by atoms with E-state index in [9.17, 15) is 14.0 Å². The quantitative estimate of drug-likeness (QED) is 0.649. The number of halogens is 1. The third kappa shape index (κ3) is 4.21. The summed E-state index contributed by atoms with van der Waals surface area (Å²) in [6.07, 6.45) is 9.15. The van der Waals surface area contributed by atoms with Gasteiger partial charge in [-0.25, -0.2) is 33.4 Å². The monoisotopic (exact) mass is 439 g/mol. The van der Waals surface area contributed by atoms with Crippen molar-refractivity contribution < 1.29 is 9.18 Å². The Morgan fingerprint density at radius 1 is 1.22 bits per heavy atom. The standard InChI is InChI=1S/C22H26FN7O2/c23-17-12-24-20(15-6-7-19-27-28-22(32)30(19)13-15)26-18(17)11-14-4-3-5-16(10-14)25-21(31)29-8-1-2-9-29/h6-7,12-14,16H,1-5,8-11H2,(H,25,31)(H,28,32)/t14?,16-/m1/s1. The van der Waals surface area contributed by atoms with E-state index in [1.165, 1.54) is 10.6 Å². The summed E-state index contributed by atoms with van der Waals surface area (Å²) in [6, 6.07) is 3.58. The average Bonchev–Trinajstić information content (AvgIpc) is 3.46. The smallest absolute Gasteiger partial charge is 0.335 e. The Bertz CT molecular complexity index is 1180. The average molecular weight is 439 g/mol. The molecule has 0 bridgehead atoms. The SMILES string of the molecule is O=C(N[C@@H]1CCCC(Cc2nc(-c3ccc4n[nH]c(=O)n4c3)ncc2F)C1)N1CCCC1. The Kier molecular flexibility index (Phi) is 5.59. The highest BCUT2D eigenvalue weighted by atomic mass is 19.1. The molecule has 32 heavy (non-hydrogen) atoms. The number of H-pyrrole nitrogens is 1. The fraction of sp³-hybridized carbons (Fsp3) is 0.500. The van der Waals surface area contributed by atoms with Gasteiger partial charge in [0.2, 0.25) is 0 Å². The summed E-state index contributed by atoms with van der Waals surface area (Å²) in [5, 5.41) is 9.46. The zero-order valence-corrected chi connectivity index (χ0v) is 17.8. The van der Waals surface area contributed by atoms with Crippen LogP contribution in [0.15, 0.2) is 29.3 Å². The largest absolute Gasteiger partial charge is 0.347 e. The summed E-state index contributed by atoms with van der Waals surface area (Å²) < 4.78 is 15.9. The number of aromatic nitrogens is 5. The van der Waals surface area contributed by atoms with Crippen LogP contribution >= 0.6 is 0 Å². The van der Waals surface area contributed by atoms with Crippen LogP contribution in [-0.2, 0) is 6.42 Å². The van der Waals surface area contributed by atoms with Crippen LogP contribution in [0.4, 0.5) is 9.18 Å². The topological polar surface area (TPSA) is 108 Å². The lowest BCUT2D eigenvalue weighted by molar-refractivity contribution is 0.195. The van der Waals surface area contributed by atoms with E-state index in [1.807, 2.05) is 4.90 Å². The van der Waals surface area contributed by atoms with Gasteiger partial charge >= 0.3 is 11.7 Å². The molecule has 2 atom stereocenters. The van der Waals surface area contributed by atoms with Crippen LogP contribution in [0.1, 0.15) is 44.2 Å². The third-order valence-electron chi connectivity index (χ3n) is 6.47. The maximum Gasteiger partial charge on any atom is 0.347 e. The lowest BCUT2D eigenvalue weighted by Crippen LogP contribution is -2.45. The molecule has 0 radical (unpaired) electrons. The zero-order valence-electron chi connectivity index (χ0n) is 17.8. The molecule has 4 heterocycles. The number of nitrogens with zero attached hydrogens (tertiary/aromatic N) is 5. The van der Waals surface area contributed by atoms with Gasteiger partial charge in [-0.15, -0.1) is 0 Å². The summed E-state index contributed by atoms with van der Waals surface area (Å²) in [5.74, 6) is 0.175. The molecule has 10 heteroatoms. The Balaban J connectivity index is 1.29. The number of likely N-dealkylation sites (tertiary alicyclic amines) is 1. The number of fused-ring (bicyclic) bond motifs is 1. The van der Waals surface area contributed by atoms with Crippen molar-refractivity contribution in [2.24, 2.45) is 5.92 Å². The van der Waals surface area contributed by atoms with E-state index in [0.29, 0.717) is 29.1 Å². The van der Waals surface area contributed by atoms with E-state index in [4.69, 9.17) is 0 Å². The highest BCUT2D eigenvalue weighted by Crippen LogP contribution is 2.28. The number of aromatic amines is 1. The zero-order chi connectivity index (χ0) is 22.1. The van der Waals surface area contributed by atoms with Crippen LogP contribution in [0.3, 0.4) is 0 Å². The Morgan fingerprint density at radius 3 is 2.91 bits per heavy atom. The molecule has 3 aromatic rings. The van der Waals surface area contributed by atoms with Gasteiger partial charge < -0.3 is 10.2 Å². The van der Waals surface area contributed by atoms with Crippen molar-refractivity contribution >= 4 is 11.7 Å². The Labute approximate surface area is 184 Å². The number of urea groups is 1. The van der Waals surface area contributed by atoms with Crippen molar-refractivity contribution in [1.29, 1.82) is 0 Å². The van der Waals surface area contributed by atoms with E-state index in [0.717, 1.165) is 51.6 Å². The van der Waals surface area contributed by atoms with Crippen molar-refractivity contribution in [3.63, 3.8) is 0 Å². The summed E-state index contributed by atoms with van der Waals surface area (Å²) in [4.78, 5) is 34.8. The second-order valence-electron chi connectivity index (χ2n) is 8.74. The minimum Gasteiger partial charge on any atom is -0.335 e.